The molecule has 0 aliphatic heterocycles. The van der Waals surface area contributed by atoms with E-state index < -0.39 is 0 Å². The molecular formula is C10H11ClN2S2. The number of aryl methyl sites for hydroxylation is 1. The molecule has 0 unspecified atom stereocenters. The van der Waals surface area contributed by atoms with E-state index in [1.807, 2.05) is 18.3 Å². The van der Waals surface area contributed by atoms with Crippen molar-refractivity contribution in [1.82, 2.24) is 4.98 Å². The molecule has 2 aromatic heterocycles. The Morgan fingerprint density at radius 2 is 2.20 bits per heavy atom. The summed E-state index contributed by atoms with van der Waals surface area (Å²) in [4.78, 5) is 6.82. The summed E-state index contributed by atoms with van der Waals surface area (Å²) in [7, 11) is 0. The highest BCUT2D eigenvalue weighted by Crippen LogP contribution is 2.33. The molecule has 0 aliphatic rings. The van der Waals surface area contributed by atoms with E-state index in [-0.39, 0.29) is 0 Å². The fourth-order valence-corrected chi connectivity index (χ4v) is 3.30. The molecule has 0 spiro atoms. The molecule has 0 fully saturated rings. The summed E-state index contributed by atoms with van der Waals surface area (Å²) in [5.74, 6) is 0. The monoisotopic (exact) mass is 258 g/mol. The minimum Gasteiger partial charge on any atom is -0.330 e. The van der Waals surface area contributed by atoms with Crippen molar-refractivity contribution >= 4 is 34.3 Å². The Balaban J connectivity index is 2.13. The molecule has 0 bridgehead atoms. The van der Waals surface area contributed by atoms with Crippen LogP contribution in [0, 0.1) is 0 Å². The standard InChI is InChI=1S/C10H11ClN2S2/c11-9-4-3-8(15-9)10-13-6-7(14-10)2-1-5-12/h3-4,6H,1-2,5,12H2. The average molecular weight is 259 g/mol. The van der Waals surface area contributed by atoms with Gasteiger partial charge in [-0.25, -0.2) is 4.98 Å². The summed E-state index contributed by atoms with van der Waals surface area (Å²) in [6.45, 7) is 0.734. The van der Waals surface area contributed by atoms with E-state index in [1.165, 1.54) is 4.88 Å². The summed E-state index contributed by atoms with van der Waals surface area (Å²) >= 11 is 9.17. The second-order valence-corrected chi connectivity index (χ2v) is 5.96. The highest BCUT2D eigenvalue weighted by molar-refractivity contribution is 7.23. The third-order valence-corrected chi connectivity index (χ3v) is 4.42. The van der Waals surface area contributed by atoms with Crippen LogP contribution < -0.4 is 5.73 Å². The lowest BCUT2D eigenvalue weighted by molar-refractivity contribution is 0.841. The van der Waals surface area contributed by atoms with Gasteiger partial charge in [-0.15, -0.1) is 22.7 Å². The largest absolute Gasteiger partial charge is 0.330 e. The molecule has 0 atom stereocenters. The molecular weight excluding hydrogens is 248 g/mol. The zero-order valence-electron chi connectivity index (χ0n) is 8.07. The maximum absolute atomic E-state index is 5.88. The van der Waals surface area contributed by atoms with Gasteiger partial charge in [-0.1, -0.05) is 11.6 Å². The predicted octanol–water partition coefficient (Wildman–Crippen LogP) is 3.42. The second-order valence-electron chi connectivity index (χ2n) is 3.13. The lowest BCUT2D eigenvalue weighted by Crippen LogP contribution is -1.99. The van der Waals surface area contributed by atoms with Crippen molar-refractivity contribution in [3.8, 4) is 9.88 Å². The third-order valence-electron chi connectivity index (χ3n) is 1.96. The van der Waals surface area contributed by atoms with Crippen LogP contribution in [0.1, 0.15) is 11.3 Å². The SMILES string of the molecule is NCCCc1cnc(-c2ccc(Cl)s2)s1. The minimum absolute atomic E-state index is 0.734. The van der Waals surface area contributed by atoms with E-state index in [2.05, 4.69) is 4.98 Å². The van der Waals surface area contributed by atoms with Gasteiger partial charge in [0, 0.05) is 11.1 Å². The van der Waals surface area contributed by atoms with E-state index in [9.17, 15) is 0 Å². The van der Waals surface area contributed by atoms with Crippen molar-refractivity contribution in [1.29, 1.82) is 0 Å². The van der Waals surface area contributed by atoms with Gasteiger partial charge in [0.25, 0.3) is 0 Å². The van der Waals surface area contributed by atoms with Crippen LogP contribution >= 0.6 is 34.3 Å². The van der Waals surface area contributed by atoms with Crippen LogP contribution in [0.2, 0.25) is 4.34 Å². The fourth-order valence-electron chi connectivity index (χ4n) is 1.24. The second kappa shape index (κ2) is 5.07. The maximum atomic E-state index is 5.88. The van der Waals surface area contributed by atoms with Gasteiger partial charge in [-0.05, 0) is 31.5 Å². The Kier molecular flexibility index (Phi) is 3.75. The smallest absolute Gasteiger partial charge is 0.133 e. The quantitative estimate of drug-likeness (QED) is 0.913. The van der Waals surface area contributed by atoms with Crippen molar-refractivity contribution in [2.75, 3.05) is 6.54 Å². The molecule has 0 radical (unpaired) electrons. The summed E-state index contributed by atoms with van der Waals surface area (Å²) in [5, 5.41) is 1.05. The van der Waals surface area contributed by atoms with E-state index in [0.29, 0.717) is 0 Å². The first-order valence-electron chi connectivity index (χ1n) is 4.70. The van der Waals surface area contributed by atoms with Crippen LogP contribution in [0.4, 0.5) is 0 Å². The van der Waals surface area contributed by atoms with E-state index in [1.54, 1.807) is 22.7 Å². The van der Waals surface area contributed by atoms with E-state index in [0.717, 1.165) is 33.6 Å². The van der Waals surface area contributed by atoms with Crippen LogP contribution in [-0.2, 0) is 6.42 Å². The number of rotatable bonds is 4. The number of thiazole rings is 1. The normalized spacial score (nSPS) is 10.8. The number of nitrogens with zero attached hydrogens (tertiary/aromatic N) is 1. The molecule has 15 heavy (non-hydrogen) atoms. The van der Waals surface area contributed by atoms with Crippen molar-refractivity contribution in [2.24, 2.45) is 5.73 Å². The van der Waals surface area contributed by atoms with Gasteiger partial charge < -0.3 is 5.73 Å². The molecule has 2 aromatic rings. The Hall–Kier alpha value is -0.420. The van der Waals surface area contributed by atoms with Gasteiger partial charge in [0.15, 0.2) is 0 Å². The van der Waals surface area contributed by atoms with Crippen molar-refractivity contribution in [2.45, 2.75) is 12.8 Å². The molecule has 0 aliphatic carbocycles. The number of hydrogen-bond acceptors (Lipinski definition) is 4. The highest BCUT2D eigenvalue weighted by Gasteiger charge is 2.06. The van der Waals surface area contributed by atoms with Crippen LogP contribution in [0.15, 0.2) is 18.3 Å². The first-order chi connectivity index (χ1) is 7.29. The molecule has 80 valence electrons. The molecule has 0 saturated carbocycles. The topological polar surface area (TPSA) is 38.9 Å². The summed E-state index contributed by atoms with van der Waals surface area (Å²) in [6.07, 6.45) is 3.98. The van der Waals surface area contributed by atoms with Crippen LogP contribution in [0.25, 0.3) is 9.88 Å². The van der Waals surface area contributed by atoms with Crippen molar-refractivity contribution < 1.29 is 0 Å². The first kappa shape index (κ1) is 11.1. The molecule has 5 heteroatoms. The summed E-state index contributed by atoms with van der Waals surface area (Å²) in [5.41, 5.74) is 5.47. The van der Waals surface area contributed by atoms with Crippen molar-refractivity contribution in [3.63, 3.8) is 0 Å². The fraction of sp³-hybridized carbons (Fsp3) is 0.300. The maximum Gasteiger partial charge on any atom is 0.133 e. The first-order valence-corrected chi connectivity index (χ1v) is 6.71. The predicted molar refractivity (Wildman–Crippen MR) is 67.8 cm³/mol. The zero-order chi connectivity index (χ0) is 10.7. The Labute approximate surface area is 102 Å². The Morgan fingerprint density at radius 3 is 2.87 bits per heavy atom. The molecule has 0 aromatic carbocycles. The molecule has 2 nitrogen and oxygen atoms in total. The molecule has 2 heterocycles. The van der Waals surface area contributed by atoms with Crippen LogP contribution in [0.5, 0.6) is 0 Å². The van der Waals surface area contributed by atoms with Gasteiger partial charge in [0.1, 0.15) is 5.01 Å². The lowest BCUT2D eigenvalue weighted by Gasteiger charge is -1.91. The zero-order valence-corrected chi connectivity index (χ0v) is 10.5. The number of nitrogens with two attached hydrogens (primary N) is 1. The van der Waals surface area contributed by atoms with Crippen LogP contribution in [-0.4, -0.2) is 11.5 Å². The van der Waals surface area contributed by atoms with Gasteiger partial charge >= 0.3 is 0 Å². The number of aromatic nitrogens is 1. The number of hydrogen-bond donors (Lipinski definition) is 1. The highest BCUT2D eigenvalue weighted by atomic mass is 35.5. The Morgan fingerprint density at radius 1 is 1.33 bits per heavy atom. The van der Waals surface area contributed by atoms with Crippen molar-refractivity contribution in [3.05, 3.63) is 27.5 Å². The van der Waals surface area contributed by atoms with Gasteiger partial charge in [0.2, 0.25) is 0 Å². The average Bonchev–Trinajstić information content (AvgIpc) is 2.83. The lowest BCUT2D eigenvalue weighted by atomic mass is 10.3. The van der Waals surface area contributed by atoms with Gasteiger partial charge in [0.05, 0.1) is 9.21 Å². The minimum atomic E-state index is 0.734. The van der Waals surface area contributed by atoms with Gasteiger partial charge in [-0.2, -0.15) is 0 Å². The van der Waals surface area contributed by atoms with Gasteiger partial charge in [-0.3, -0.25) is 0 Å². The summed E-state index contributed by atoms with van der Waals surface area (Å²) < 4.78 is 0.809. The van der Waals surface area contributed by atoms with E-state index in [4.69, 9.17) is 17.3 Å². The summed E-state index contributed by atoms with van der Waals surface area (Å²) in [6, 6.07) is 3.92. The third kappa shape index (κ3) is 2.78. The van der Waals surface area contributed by atoms with Crippen LogP contribution in [0.3, 0.4) is 0 Å². The number of halogens is 1. The molecule has 2 N–H and O–H groups in total. The molecule has 0 amide bonds. The molecule has 2 rings (SSSR count). The molecule has 0 saturated heterocycles. The number of thiophene rings is 1. The Bertz CT molecular complexity index is 436. The van der Waals surface area contributed by atoms with E-state index >= 15 is 0 Å².